The van der Waals surface area contributed by atoms with Crippen molar-refractivity contribution in [2.24, 2.45) is 5.10 Å². The maximum Gasteiger partial charge on any atom is 0.439 e. The number of ketones is 1. The lowest BCUT2D eigenvalue weighted by atomic mass is 10.1. The molecule has 0 bridgehead atoms. The highest BCUT2D eigenvalue weighted by atomic mass is 35.5. The molecule has 0 spiro atoms. The summed E-state index contributed by atoms with van der Waals surface area (Å²) in [6, 6.07) is 6.48. The number of benzene rings is 1. The van der Waals surface area contributed by atoms with Crippen LogP contribution in [-0.2, 0) is 0 Å². The van der Waals surface area contributed by atoms with Crippen molar-refractivity contribution >= 4 is 23.1 Å². The Bertz CT molecular complexity index is 669. The number of alkyl halides is 3. The molecule has 0 amide bonds. The summed E-state index contributed by atoms with van der Waals surface area (Å²) in [6.07, 6.45) is -3.69. The molecule has 1 aromatic rings. The zero-order valence-corrected chi connectivity index (χ0v) is 11.2. The molecular weight excluding hydrogens is 307 g/mol. The van der Waals surface area contributed by atoms with Gasteiger partial charge in [-0.15, -0.1) is 0 Å². The van der Waals surface area contributed by atoms with Gasteiger partial charge in [0.2, 0.25) is 5.71 Å². The number of hydrazone groups is 1. The zero-order valence-electron chi connectivity index (χ0n) is 10.5. The van der Waals surface area contributed by atoms with Crippen molar-refractivity contribution in [2.75, 3.05) is 0 Å². The minimum Gasteiger partial charge on any atom is -0.294 e. The maximum atomic E-state index is 12.6. The molecule has 4 nitrogen and oxygen atoms in total. The number of carbonyl (C=O) groups is 1. The highest BCUT2D eigenvalue weighted by Crippen LogP contribution is 2.32. The van der Waals surface area contributed by atoms with Crippen LogP contribution in [-0.4, -0.2) is 17.7 Å². The summed E-state index contributed by atoms with van der Waals surface area (Å²) in [5, 5.41) is 4.04. The Balaban J connectivity index is 1.82. The van der Waals surface area contributed by atoms with Crippen molar-refractivity contribution in [1.29, 1.82) is 0 Å². The first-order valence-electron chi connectivity index (χ1n) is 6.07. The molecule has 1 atom stereocenters. The lowest BCUT2D eigenvalue weighted by Gasteiger charge is -2.09. The monoisotopic (exact) mass is 315 g/mol. The van der Waals surface area contributed by atoms with Crippen LogP contribution in [0.1, 0.15) is 28.4 Å². The second-order valence-electron chi connectivity index (χ2n) is 4.66. The van der Waals surface area contributed by atoms with Crippen LogP contribution in [0.15, 0.2) is 40.6 Å². The Morgan fingerprint density at radius 3 is 2.71 bits per heavy atom. The largest absolute Gasteiger partial charge is 0.439 e. The SMILES string of the molecule is O=C1CC(N[N+]2N=C(C(F)(F)F)C=C2Cl)c2ccccc21. The van der Waals surface area contributed by atoms with Crippen LogP contribution in [0.25, 0.3) is 0 Å². The van der Waals surface area contributed by atoms with Gasteiger partial charge in [-0.25, -0.2) is 0 Å². The fourth-order valence-electron chi connectivity index (χ4n) is 2.31. The number of hydrogen-bond donors (Lipinski definition) is 1. The van der Waals surface area contributed by atoms with E-state index in [1.54, 1.807) is 24.3 Å². The van der Waals surface area contributed by atoms with Crippen molar-refractivity contribution in [3.8, 4) is 0 Å². The van der Waals surface area contributed by atoms with Gasteiger partial charge in [-0.1, -0.05) is 29.7 Å². The average molecular weight is 316 g/mol. The summed E-state index contributed by atoms with van der Waals surface area (Å²) < 4.78 is 37.7. The van der Waals surface area contributed by atoms with Crippen LogP contribution in [0.3, 0.4) is 0 Å². The lowest BCUT2D eigenvalue weighted by Crippen LogP contribution is -2.38. The summed E-state index contributed by atoms with van der Waals surface area (Å²) in [5.41, 5.74) is 2.94. The number of allylic oxidation sites excluding steroid dienone is 1. The van der Waals surface area contributed by atoms with E-state index >= 15 is 0 Å². The van der Waals surface area contributed by atoms with Crippen molar-refractivity contribution in [3.05, 3.63) is 46.6 Å². The summed E-state index contributed by atoms with van der Waals surface area (Å²) in [6.45, 7) is 0. The van der Waals surface area contributed by atoms with E-state index in [4.69, 9.17) is 11.6 Å². The van der Waals surface area contributed by atoms with Crippen molar-refractivity contribution < 1.29 is 18.0 Å². The molecule has 0 saturated heterocycles. The van der Waals surface area contributed by atoms with Gasteiger partial charge in [-0.05, 0) is 17.2 Å². The predicted octanol–water partition coefficient (Wildman–Crippen LogP) is 2.97. The number of hydrazine groups is 1. The van der Waals surface area contributed by atoms with Gasteiger partial charge in [-0.3, -0.25) is 4.79 Å². The fraction of sp³-hybridized carbons (Fsp3) is 0.231. The van der Waals surface area contributed by atoms with Gasteiger partial charge in [0.15, 0.2) is 5.78 Å². The number of Topliss-reactive ketones (excluding diaryl/α,β-unsaturated/α-hetero) is 1. The quantitative estimate of drug-likeness (QED) is 0.674. The predicted molar refractivity (Wildman–Crippen MR) is 70.8 cm³/mol. The van der Waals surface area contributed by atoms with Gasteiger partial charge in [0.25, 0.3) is 0 Å². The van der Waals surface area contributed by atoms with E-state index in [-0.39, 0.29) is 17.4 Å². The number of carbonyl (C=O) groups excluding carboxylic acids is 1. The molecule has 1 heterocycles. The molecule has 1 N–H and O–H groups in total. The molecule has 0 fully saturated rings. The second kappa shape index (κ2) is 4.94. The summed E-state index contributed by atoms with van der Waals surface area (Å²) in [7, 11) is 0. The molecular formula is C13H9ClF3N3O+. The van der Waals surface area contributed by atoms with E-state index in [0.717, 1.165) is 16.8 Å². The minimum absolute atomic E-state index is 0.0672. The van der Waals surface area contributed by atoms with Gasteiger partial charge < -0.3 is 0 Å². The molecule has 0 aromatic heterocycles. The van der Waals surface area contributed by atoms with Crippen molar-refractivity contribution in [3.63, 3.8) is 0 Å². The van der Waals surface area contributed by atoms with E-state index < -0.39 is 17.9 Å². The first kappa shape index (κ1) is 14.2. The average Bonchev–Trinajstić information content (AvgIpc) is 2.93. The van der Waals surface area contributed by atoms with E-state index in [1.807, 2.05) is 0 Å². The standard InChI is InChI=1S/C13H9ClF3N3O/c14-12-6-11(13(15,16)17)19-20(12)18-9-5-10(21)8-4-2-1-3-7(8)9/h1-4,6,9,18H,5H2/q+1. The van der Waals surface area contributed by atoms with E-state index in [1.165, 1.54) is 0 Å². The second-order valence-corrected chi connectivity index (χ2v) is 5.05. The highest BCUT2D eigenvalue weighted by Gasteiger charge is 2.46. The molecule has 2 aliphatic rings. The van der Waals surface area contributed by atoms with Gasteiger partial charge in [-0.2, -0.15) is 13.2 Å². The zero-order chi connectivity index (χ0) is 15.2. The third kappa shape index (κ3) is 2.59. The molecule has 109 valence electrons. The Kier molecular flexibility index (Phi) is 3.35. The first-order valence-corrected chi connectivity index (χ1v) is 6.45. The minimum atomic E-state index is -4.57. The molecule has 1 radical (unpaired) electrons. The Hall–Kier alpha value is -1.70. The van der Waals surface area contributed by atoms with Gasteiger partial charge in [0.1, 0.15) is 5.12 Å². The van der Waals surface area contributed by atoms with Crippen molar-refractivity contribution in [2.45, 2.75) is 18.6 Å². The number of fused-ring (bicyclic) bond motifs is 1. The van der Waals surface area contributed by atoms with E-state index in [0.29, 0.717) is 5.56 Å². The molecule has 1 unspecified atom stereocenters. The number of hydrogen-bond acceptors (Lipinski definition) is 4. The number of rotatable bonds is 2. The topological polar surface area (TPSA) is 47.4 Å². The van der Waals surface area contributed by atoms with Crippen LogP contribution >= 0.6 is 11.6 Å². The number of halogens is 4. The van der Waals surface area contributed by atoms with Crippen molar-refractivity contribution in [1.82, 2.24) is 10.5 Å². The summed E-state index contributed by atoms with van der Waals surface area (Å²) >= 11 is 5.75. The smallest absolute Gasteiger partial charge is 0.294 e. The molecule has 21 heavy (non-hydrogen) atoms. The molecule has 3 rings (SSSR count). The Morgan fingerprint density at radius 1 is 1.33 bits per heavy atom. The van der Waals surface area contributed by atoms with Crippen LogP contribution in [0, 0.1) is 0 Å². The van der Waals surface area contributed by atoms with Crippen LogP contribution < -0.4 is 10.5 Å². The Labute approximate surface area is 122 Å². The summed E-state index contributed by atoms with van der Waals surface area (Å²) in [5.74, 6) is -0.0672. The highest BCUT2D eigenvalue weighted by molar-refractivity contribution is 6.32. The number of nitrogens with zero attached hydrogens (tertiary/aromatic N) is 2. The van der Waals surface area contributed by atoms with Gasteiger partial charge >= 0.3 is 11.3 Å². The third-order valence-corrected chi connectivity index (χ3v) is 3.53. The normalized spacial score (nSPS) is 22.3. The van der Waals surface area contributed by atoms with E-state index in [9.17, 15) is 18.0 Å². The van der Waals surface area contributed by atoms with Crippen LogP contribution in [0.2, 0.25) is 0 Å². The summed E-state index contributed by atoms with van der Waals surface area (Å²) in [4.78, 5) is 11.8. The van der Waals surface area contributed by atoms with E-state index in [2.05, 4.69) is 10.5 Å². The lowest BCUT2D eigenvalue weighted by molar-refractivity contribution is -0.0581. The molecule has 0 saturated carbocycles. The third-order valence-electron chi connectivity index (χ3n) is 3.26. The molecule has 1 aliphatic heterocycles. The molecule has 1 aliphatic carbocycles. The molecule has 1 aromatic carbocycles. The van der Waals surface area contributed by atoms with Crippen LogP contribution in [0.5, 0.6) is 0 Å². The number of nitrogens with one attached hydrogen (secondary N) is 1. The van der Waals surface area contributed by atoms with Gasteiger partial charge in [0, 0.05) is 17.1 Å². The maximum absolute atomic E-state index is 12.6. The fourth-order valence-corrected chi connectivity index (χ4v) is 2.50. The van der Waals surface area contributed by atoms with Crippen LogP contribution in [0.4, 0.5) is 13.2 Å². The van der Waals surface area contributed by atoms with Gasteiger partial charge in [0.05, 0.1) is 12.1 Å². The first-order chi connectivity index (χ1) is 9.86. The Morgan fingerprint density at radius 2 is 2.05 bits per heavy atom. The molecule has 8 heteroatoms.